The minimum Gasteiger partial charge on any atom is -0.480 e. The number of carbonyl (C=O) groups excluding carboxylic acids is 2. The molecular formula is C25H25N3O6. The average molecular weight is 463 g/mol. The number of nitrogens with zero attached hydrogens (tertiary/aromatic N) is 2. The number of Topliss-reactive ketones (excluding diaryl/α,β-unsaturated/α-hetero) is 1. The number of anilines is 1. The summed E-state index contributed by atoms with van der Waals surface area (Å²) in [5.74, 6) is -0.559. The fourth-order valence-electron chi connectivity index (χ4n) is 4.72. The van der Waals surface area contributed by atoms with Gasteiger partial charge in [-0.2, -0.15) is 0 Å². The van der Waals surface area contributed by atoms with E-state index in [1.807, 2.05) is 23.1 Å². The van der Waals surface area contributed by atoms with Gasteiger partial charge in [-0.15, -0.1) is 0 Å². The lowest BCUT2D eigenvalue weighted by molar-refractivity contribution is -0.138. The summed E-state index contributed by atoms with van der Waals surface area (Å²) in [5.41, 5.74) is 3.28. The van der Waals surface area contributed by atoms with Crippen LogP contribution in [0.25, 0.3) is 0 Å². The molecule has 3 aliphatic heterocycles. The number of rotatable bonds is 6. The van der Waals surface area contributed by atoms with Gasteiger partial charge in [0.15, 0.2) is 17.3 Å². The van der Waals surface area contributed by atoms with Crippen LogP contribution in [0.2, 0.25) is 0 Å². The van der Waals surface area contributed by atoms with Gasteiger partial charge < -0.3 is 19.9 Å². The molecule has 3 aliphatic rings. The topological polar surface area (TPSA) is 118 Å². The highest BCUT2D eigenvalue weighted by Gasteiger charge is 2.37. The molecule has 0 radical (unpaired) electrons. The van der Waals surface area contributed by atoms with Crippen molar-refractivity contribution in [2.24, 2.45) is 4.99 Å². The van der Waals surface area contributed by atoms with E-state index < -0.39 is 11.9 Å². The number of amides is 1. The number of carbonyl (C=O) groups is 3. The van der Waals surface area contributed by atoms with Crippen molar-refractivity contribution >= 4 is 29.1 Å². The van der Waals surface area contributed by atoms with Crippen LogP contribution in [0.1, 0.15) is 47.2 Å². The number of ketones is 1. The molecule has 176 valence electrons. The van der Waals surface area contributed by atoms with Crippen molar-refractivity contribution in [3.63, 3.8) is 0 Å². The van der Waals surface area contributed by atoms with Crippen LogP contribution >= 0.6 is 0 Å². The molecule has 1 unspecified atom stereocenters. The number of carboxylic acid groups (broad SMARTS) is 1. The van der Waals surface area contributed by atoms with Gasteiger partial charge in [0.25, 0.3) is 0 Å². The summed E-state index contributed by atoms with van der Waals surface area (Å²) in [6, 6.07) is 10.7. The van der Waals surface area contributed by atoms with Gasteiger partial charge in [-0.1, -0.05) is 0 Å². The largest absolute Gasteiger partial charge is 0.480 e. The number of piperidine rings is 1. The van der Waals surface area contributed by atoms with Gasteiger partial charge in [0, 0.05) is 29.9 Å². The first kappa shape index (κ1) is 22.1. The number of nitrogens with one attached hydrogen (secondary N) is 1. The van der Waals surface area contributed by atoms with Crippen LogP contribution in [0.5, 0.6) is 11.5 Å². The van der Waals surface area contributed by atoms with E-state index in [1.165, 1.54) is 6.92 Å². The number of hydrogen-bond acceptors (Lipinski definition) is 7. The van der Waals surface area contributed by atoms with E-state index >= 15 is 0 Å². The van der Waals surface area contributed by atoms with Crippen LogP contribution < -0.4 is 14.8 Å². The SMILES string of the molecule is CC(=O)c1ccc2c(c1)C(C(=NC1CCN(CC(=O)O)CC1)c1ccc3c(c1)OCO3)C(=O)N2. The van der Waals surface area contributed by atoms with Crippen LogP contribution in [0.15, 0.2) is 41.4 Å². The molecule has 2 N–H and O–H groups in total. The maximum absolute atomic E-state index is 13.2. The zero-order valence-corrected chi connectivity index (χ0v) is 18.7. The monoisotopic (exact) mass is 463 g/mol. The molecule has 2 aromatic carbocycles. The molecule has 1 amide bonds. The summed E-state index contributed by atoms with van der Waals surface area (Å²) in [6.07, 6.45) is 1.38. The average Bonchev–Trinajstić information content (AvgIpc) is 3.40. The maximum Gasteiger partial charge on any atom is 0.317 e. The summed E-state index contributed by atoms with van der Waals surface area (Å²) in [7, 11) is 0. The van der Waals surface area contributed by atoms with Crippen LogP contribution in [0.4, 0.5) is 5.69 Å². The number of benzene rings is 2. The van der Waals surface area contributed by atoms with Crippen molar-refractivity contribution < 1.29 is 29.0 Å². The Morgan fingerprint density at radius 2 is 1.82 bits per heavy atom. The molecule has 0 aliphatic carbocycles. The third kappa shape index (κ3) is 4.26. The number of hydrogen-bond donors (Lipinski definition) is 2. The highest BCUT2D eigenvalue weighted by Crippen LogP contribution is 2.39. The van der Waals surface area contributed by atoms with E-state index in [9.17, 15) is 14.4 Å². The van der Waals surface area contributed by atoms with Crippen molar-refractivity contribution in [1.82, 2.24) is 4.90 Å². The van der Waals surface area contributed by atoms with E-state index in [4.69, 9.17) is 19.6 Å². The quantitative estimate of drug-likeness (QED) is 0.500. The fraction of sp³-hybridized carbons (Fsp3) is 0.360. The standard InChI is InChI=1S/C25H25N3O6/c1-14(29)15-2-4-19-18(10-15)23(25(32)27-19)24(16-3-5-20-21(11-16)34-13-33-20)26-17-6-8-28(9-7-17)12-22(30)31/h2-5,10-11,17,23H,6-9,12-13H2,1H3,(H,27,32)(H,30,31). The lowest BCUT2D eigenvalue weighted by Gasteiger charge is -2.29. The summed E-state index contributed by atoms with van der Waals surface area (Å²) in [5, 5.41) is 12.0. The molecule has 0 bridgehead atoms. The van der Waals surface area contributed by atoms with Crippen LogP contribution in [0, 0.1) is 0 Å². The molecule has 0 spiro atoms. The van der Waals surface area contributed by atoms with Crippen molar-refractivity contribution in [3.8, 4) is 11.5 Å². The van der Waals surface area contributed by atoms with E-state index in [1.54, 1.807) is 18.2 Å². The molecule has 1 atom stereocenters. The zero-order chi connectivity index (χ0) is 23.8. The van der Waals surface area contributed by atoms with Gasteiger partial charge in [0.2, 0.25) is 12.7 Å². The number of aliphatic imine (C=N–C) groups is 1. The Morgan fingerprint density at radius 3 is 2.56 bits per heavy atom. The first-order valence-corrected chi connectivity index (χ1v) is 11.3. The van der Waals surface area contributed by atoms with Gasteiger partial charge in [0.1, 0.15) is 5.92 Å². The minimum absolute atomic E-state index is 0.0116. The normalized spacial score (nSPS) is 20.2. The first-order valence-electron chi connectivity index (χ1n) is 11.3. The van der Waals surface area contributed by atoms with Crippen LogP contribution in [-0.2, 0) is 9.59 Å². The molecule has 5 rings (SSSR count). The van der Waals surface area contributed by atoms with Crippen molar-refractivity contribution in [3.05, 3.63) is 53.1 Å². The zero-order valence-electron chi connectivity index (χ0n) is 18.7. The highest BCUT2D eigenvalue weighted by molar-refractivity contribution is 6.24. The molecule has 9 heteroatoms. The molecular weight excluding hydrogens is 438 g/mol. The second-order valence-corrected chi connectivity index (χ2v) is 8.76. The highest BCUT2D eigenvalue weighted by atomic mass is 16.7. The lowest BCUT2D eigenvalue weighted by atomic mass is 9.88. The van der Waals surface area contributed by atoms with Gasteiger partial charge in [-0.05, 0) is 61.7 Å². The van der Waals surface area contributed by atoms with Crippen molar-refractivity contribution in [1.29, 1.82) is 0 Å². The van der Waals surface area contributed by atoms with Gasteiger partial charge in [-0.25, -0.2) is 0 Å². The van der Waals surface area contributed by atoms with E-state index in [0.717, 1.165) is 11.1 Å². The maximum atomic E-state index is 13.2. The summed E-state index contributed by atoms with van der Waals surface area (Å²) in [6.45, 7) is 2.89. The Labute approximate surface area is 196 Å². The lowest BCUT2D eigenvalue weighted by Crippen LogP contribution is -2.39. The van der Waals surface area contributed by atoms with E-state index in [2.05, 4.69) is 5.32 Å². The summed E-state index contributed by atoms with van der Waals surface area (Å²) >= 11 is 0. The van der Waals surface area contributed by atoms with Gasteiger partial charge >= 0.3 is 5.97 Å². The number of fused-ring (bicyclic) bond motifs is 2. The van der Waals surface area contributed by atoms with Crippen LogP contribution in [-0.4, -0.2) is 65.8 Å². The molecule has 0 aromatic heterocycles. The Hall–Kier alpha value is -3.72. The molecule has 1 fully saturated rings. The third-order valence-electron chi connectivity index (χ3n) is 6.47. The summed E-state index contributed by atoms with van der Waals surface area (Å²) in [4.78, 5) is 43.2. The van der Waals surface area contributed by atoms with Crippen molar-refractivity contribution in [2.45, 2.75) is 31.7 Å². The molecule has 2 aromatic rings. The number of carboxylic acids is 1. The fourth-order valence-corrected chi connectivity index (χ4v) is 4.72. The van der Waals surface area contributed by atoms with Crippen molar-refractivity contribution in [2.75, 3.05) is 31.7 Å². The first-order chi connectivity index (χ1) is 16.4. The van der Waals surface area contributed by atoms with Crippen LogP contribution in [0.3, 0.4) is 0 Å². The number of aliphatic carboxylic acids is 1. The molecule has 0 saturated carbocycles. The Bertz CT molecular complexity index is 1200. The second-order valence-electron chi connectivity index (χ2n) is 8.76. The molecule has 34 heavy (non-hydrogen) atoms. The predicted molar refractivity (Wildman–Crippen MR) is 124 cm³/mol. The predicted octanol–water partition coefficient (Wildman–Crippen LogP) is 2.69. The molecule has 9 nitrogen and oxygen atoms in total. The number of likely N-dealkylation sites (tertiary alicyclic amines) is 1. The van der Waals surface area contributed by atoms with E-state index in [0.29, 0.717) is 54.4 Å². The van der Waals surface area contributed by atoms with Gasteiger partial charge in [-0.3, -0.25) is 24.3 Å². The Balaban J connectivity index is 1.53. The number of ether oxygens (including phenoxy) is 2. The Kier molecular flexibility index (Phi) is 5.79. The van der Waals surface area contributed by atoms with Gasteiger partial charge in [0.05, 0.1) is 18.3 Å². The molecule has 1 saturated heterocycles. The minimum atomic E-state index is -0.844. The third-order valence-corrected chi connectivity index (χ3v) is 6.47. The second kappa shape index (κ2) is 8.90. The van der Waals surface area contributed by atoms with E-state index in [-0.39, 0.29) is 31.1 Å². The molecule has 3 heterocycles. The smallest absolute Gasteiger partial charge is 0.317 e. The summed E-state index contributed by atoms with van der Waals surface area (Å²) < 4.78 is 11.0. The Morgan fingerprint density at radius 1 is 1.09 bits per heavy atom.